The number of benzene rings is 1. The normalized spacial score (nSPS) is 10.5. The van der Waals surface area contributed by atoms with Crippen molar-refractivity contribution in [1.82, 2.24) is 4.57 Å². The van der Waals surface area contributed by atoms with Gasteiger partial charge in [0.05, 0.1) is 12.0 Å². The maximum Gasteiger partial charge on any atom is 0.258 e. The van der Waals surface area contributed by atoms with E-state index in [-0.39, 0.29) is 18.8 Å². The van der Waals surface area contributed by atoms with E-state index in [0.717, 1.165) is 5.39 Å². The standard InChI is InChI=1S/C14H15NO3/c1-2-7-15-8-6-11-12(14(15)17)4-3-5-13(11)18-10-9-16/h2-6,8,16H,1,7,9-10H2. The van der Waals surface area contributed by atoms with Gasteiger partial charge in [-0.1, -0.05) is 12.1 Å². The predicted molar refractivity (Wildman–Crippen MR) is 71.0 cm³/mol. The summed E-state index contributed by atoms with van der Waals surface area (Å²) >= 11 is 0. The average Bonchev–Trinajstić information content (AvgIpc) is 2.40. The lowest BCUT2D eigenvalue weighted by Crippen LogP contribution is -2.18. The number of aromatic nitrogens is 1. The Morgan fingerprint density at radius 2 is 2.17 bits per heavy atom. The molecule has 1 aromatic heterocycles. The fraction of sp³-hybridized carbons (Fsp3) is 0.214. The molecule has 1 N–H and O–H groups in total. The molecule has 18 heavy (non-hydrogen) atoms. The van der Waals surface area contributed by atoms with Gasteiger partial charge in [0, 0.05) is 18.1 Å². The first-order chi connectivity index (χ1) is 8.77. The molecule has 1 aromatic carbocycles. The molecule has 94 valence electrons. The summed E-state index contributed by atoms with van der Waals surface area (Å²) in [6.07, 6.45) is 3.40. The number of aliphatic hydroxyl groups is 1. The van der Waals surface area contributed by atoms with Gasteiger partial charge in [-0.25, -0.2) is 0 Å². The zero-order valence-corrected chi connectivity index (χ0v) is 10.0. The number of hydrogen-bond acceptors (Lipinski definition) is 3. The van der Waals surface area contributed by atoms with Gasteiger partial charge in [0.25, 0.3) is 5.56 Å². The Kier molecular flexibility index (Phi) is 3.79. The lowest BCUT2D eigenvalue weighted by Gasteiger charge is -2.09. The summed E-state index contributed by atoms with van der Waals surface area (Å²) in [6, 6.07) is 7.17. The highest BCUT2D eigenvalue weighted by Crippen LogP contribution is 2.22. The Morgan fingerprint density at radius 1 is 1.33 bits per heavy atom. The molecule has 0 saturated heterocycles. The lowest BCUT2D eigenvalue weighted by atomic mass is 10.1. The molecule has 0 spiro atoms. The molecule has 4 heteroatoms. The fourth-order valence-corrected chi connectivity index (χ4v) is 1.85. The van der Waals surface area contributed by atoms with E-state index in [1.54, 1.807) is 35.0 Å². The lowest BCUT2D eigenvalue weighted by molar-refractivity contribution is 0.203. The van der Waals surface area contributed by atoms with Gasteiger partial charge in [-0.3, -0.25) is 4.79 Å². The smallest absolute Gasteiger partial charge is 0.258 e. The molecule has 0 saturated carbocycles. The van der Waals surface area contributed by atoms with E-state index in [1.165, 1.54) is 0 Å². The summed E-state index contributed by atoms with van der Waals surface area (Å²) in [4.78, 5) is 12.2. The van der Waals surface area contributed by atoms with Crippen LogP contribution in [0.5, 0.6) is 5.75 Å². The van der Waals surface area contributed by atoms with Crippen LogP contribution in [0.4, 0.5) is 0 Å². The highest BCUT2D eigenvalue weighted by Gasteiger charge is 2.06. The van der Waals surface area contributed by atoms with Gasteiger partial charge in [-0.05, 0) is 18.2 Å². The van der Waals surface area contributed by atoms with Crippen LogP contribution >= 0.6 is 0 Å². The van der Waals surface area contributed by atoms with Crippen molar-refractivity contribution in [3.05, 3.63) is 53.5 Å². The molecule has 0 amide bonds. The van der Waals surface area contributed by atoms with Crippen LogP contribution in [0.25, 0.3) is 10.8 Å². The SMILES string of the molecule is C=CCn1ccc2c(OCCO)cccc2c1=O. The third-order valence-electron chi connectivity index (χ3n) is 2.65. The molecule has 0 aliphatic rings. The number of aliphatic hydroxyl groups excluding tert-OH is 1. The minimum Gasteiger partial charge on any atom is -0.491 e. The van der Waals surface area contributed by atoms with Gasteiger partial charge in [-0.15, -0.1) is 6.58 Å². The van der Waals surface area contributed by atoms with Crippen molar-refractivity contribution in [2.45, 2.75) is 6.54 Å². The fourth-order valence-electron chi connectivity index (χ4n) is 1.85. The van der Waals surface area contributed by atoms with Crippen molar-refractivity contribution in [3.63, 3.8) is 0 Å². The molecule has 0 radical (unpaired) electrons. The number of hydrogen-bond donors (Lipinski definition) is 1. The van der Waals surface area contributed by atoms with Gasteiger partial charge in [0.15, 0.2) is 0 Å². The van der Waals surface area contributed by atoms with E-state index < -0.39 is 0 Å². The molecule has 0 aliphatic carbocycles. The molecule has 0 unspecified atom stereocenters. The number of pyridine rings is 1. The average molecular weight is 245 g/mol. The first-order valence-corrected chi connectivity index (χ1v) is 5.74. The highest BCUT2D eigenvalue weighted by molar-refractivity contribution is 5.87. The van der Waals surface area contributed by atoms with E-state index in [1.807, 2.05) is 6.07 Å². The zero-order chi connectivity index (χ0) is 13.0. The van der Waals surface area contributed by atoms with Gasteiger partial charge in [0.1, 0.15) is 12.4 Å². The molecule has 1 heterocycles. The Hall–Kier alpha value is -2.07. The van der Waals surface area contributed by atoms with E-state index in [2.05, 4.69) is 6.58 Å². The number of fused-ring (bicyclic) bond motifs is 1. The number of nitrogens with zero attached hydrogens (tertiary/aromatic N) is 1. The van der Waals surface area contributed by atoms with E-state index >= 15 is 0 Å². The Morgan fingerprint density at radius 3 is 2.89 bits per heavy atom. The second-order valence-electron chi connectivity index (χ2n) is 3.85. The molecule has 2 rings (SSSR count). The number of ether oxygens (including phenoxy) is 1. The molecule has 0 fully saturated rings. The van der Waals surface area contributed by atoms with Gasteiger partial charge in [-0.2, -0.15) is 0 Å². The van der Waals surface area contributed by atoms with Crippen molar-refractivity contribution in [1.29, 1.82) is 0 Å². The largest absolute Gasteiger partial charge is 0.491 e. The van der Waals surface area contributed by atoms with Crippen molar-refractivity contribution < 1.29 is 9.84 Å². The molecule has 2 aromatic rings. The first-order valence-electron chi connectivity index (χ1n) is 5.74. The minimum atomic E-state index is -0.0677. The van der Waals surface area contributed by atoms with Crippen LogP contribution in [0.15, 0.2) is 47.9 Å². The summed E-state index contributed by atoms with van der Waals surface area (Å²) < 4.78 is 6.99. The van der Waals surface area contributed by atoms with Crippen molar-refractivity contribution in [2.75, 3.05) is 13.2 Å². The van der Waals surface area contributed by atoms with Crippen molar-refractivity contribution >= 4 is 10.8 Å². The third-order valence-corrected chi connectivity index (χ3v) is 2.65. The monoisotopic (exact) mass is 245 g/mol. The molecule has 4 nitrogen and oxygen atoms in total. The molecule has 0 bridgehead atoms. The van der Waals surface area contributed by atoms with Crippen LogP contribution in [0, 0.1) is 0 Å². The second-order valence-corrected chi connectivity index (χ2v) is 3.85. The number of rotatable bonds is 5. The highest BCUT2D eigenvalue weighted by atomic mass is 16.5. The van der Waals surface area contributed by atoms with Crippen LogP contribution in [-0.2, 0) is 6.54 Å². The molecule has 0 aliphatic heterocycles. The predicted octanol–water partition coefficient (Wildman–Crippen LogP) is 1.56. The van der Waals surface area contributed by atoms with E-state index in [9.17, 15) is 4.79 Å². The Labute approximate surface area is 105 Å². The third kappa shape index (κ3) is 2.28. The Bertz CT molecular complexity index is 616. The zero-order valence-electron chi connectivity index (χ0n) is 10.0. The van der Waals surface area contributed by atoms with Crippen molar-refractivity contribution in [2.24, 2.45) is 0 Å². The summed E-state index contributed by atoms with van der Waals surface area (Å²) in [5.74, 6) is 0.615. The summed E-state index contributed by atoms with van der Waals surface area (Å²) in [6.45, 7) is 4.27. The van der Waals surface area contributed by atoms with Crippen molar-refractivity contribution in [3.8, 4) is 5.75 Å². The summed E-state index contributed by atoms with van der Waals surface area (Å²) in [5.41, 5.74) is -0.0677. The maximum absolute atomic E-state index is 12.2. The van der Waals surface area contributed by atoms with Gasteiger partial charge in [0.2, 0.25) is 0 Å². The van der Waals surface area contributed by atoms with Crippen LogP contribution in [0.2, 0.25) is 0 Å². The maximum atomic E-state index is 12.2. The molecular weight excluding hydrogens is 230 g/mol. The summed E-state index contributed by atoms with van der Waals surface area (Å²) in [5, 5.41) is 10.1. The van der Waals surface area contributed by atoms with E-state index in [4.69, 9.17) is 9.84 Å². The topological polar surface area (TPSA) is 51.5 Å². The minimum absolute atomic E-state index is 0.0517. The first kappa shape index (κ1) is 12.4. The van der Waals surface area contributed by atoms with Crippen LogP contribution in [-0.4, -0.2) is 22.9 Å². The Balaban J connectivity index is 2.55. The van der Waals surface area contributed by atoms with Gasteiger partial charge >= 0.3 is 0 Å². The molecular formula is C14H15NO3. The van der Waals surface area contributed by atoms with Gasteiger partial charge < -0.3 is 14.4 Å². The molecule has 0 atom stereocenters. The van der Waals surface area contributed by atoms with Crippen LogP contribution < -0.4 is 10.3 Å². The second kappa shape index (κ2) is 5.51. The quantitative estimate of drug-likeness (QED) is 0.813. The summed E-state index contributed by atoms with van der Waals surface area (Å²) in [7, 11) is 0. The number of allylic oxidation sites excluding steroid dienone is 1. The van der Waals surface area contributed by atoms with E-state index in [0.29, 0.717) is 17.7 Å². The van der Waals surface area contributed by atoms with Crippen LogP contribution in [0.3, 0.4) is 0 Å². The van der Waals surface area contributed by atoms with Crippen LogP contribution in [0.1, 0.15) is 0 Å².